The van der Waals surface area contributed by atoms with Gasteiger partial charge in [0.15, 0.2) is 0 Å². The maximum absolute atomic E-state index is 12.0. The van der Waals surface area contributed by atoms with Crippen LogP contribution in [0.4, 0.5) is 0 Å². The summed E-state index contributed by atoms with van der Waals surface area (Å²) in [6.45, 7) is 5.84. The Bertz CT molecular complexity index is 792. The highest BCUT2D eigenvalue weighted by molar-refractivity contribution is 7.90. The van der Waals surface area contributed by atoms with Crippen LogP contribution in [-0.4, -0.2) is 20.1 Å². The number of hydrogen-bond donors (Lipinski definition) is 1. The van der Waals surface area contributed by atoms with Gasteiger partial charge in [0.2, 0.25) is 15.9 Å². The molecule has 0 fully saturated rings. The van der Waals surface area contributed by atoms with Crippen molar-refractivity contribution < 1.29 is 17.6 Å². The first-order chi connectivity index (χ1) is 10.8. The van der Waals surface area contributed by atoms with E-state index in [9.17, 15) is 13.2 Å². The number of carbonyl (C=O) groups is 1. The molecular formula is C17H23NO4S. The number of aryl methyl sites for hydroxylation is 1. The second-order valence-electron chi connectivity index (χ2n) is 6.14. The Kier molecular flexibility index (Phi) is 5.46. The maximum atomic E-state index is 12.0. The van der Waals surface area contributed by atoms with Crippen LogP contribution >= 0.6 is 0 Å². The molecule has 0 aliphatic heterocycles. The number of rotatable bonds is 7. The molecule has 0 spiro atoms. The van der Waals surface area contributed by atoms with Crippen molar-refractivity contribution in [3.05, 3.63) is 35.6 Å². The minimum absolute atomic E-state index is 0.0164. The fourth-order valence-electron chi connectivity index (χ4n) is 2.70. The van der Waals surface area contributed by atoms with Crippen LogP contribution in [0.25, 0.3) is 11.0 Å². The summed E-state index contributed by atoms with van der Waals surface area (Å²) in [4.78, 5) is 12.0. The van der Waals surface area contributed by atoms with E-state index in [2.05, 4.69) is 4.72 Å². The van der Waals surface area contributed by atoms with Crippen LogP contribution in [0.15, 0.2) is 28.9 Å². The van der Waals surface area contributed by atoms with E-state index in [0.29, 0.717) is 11.1 Å². The van der Waals surface area contributed by atoms with Crippen molar-refractivity contribution in [2.45, 2.75) is 40.0 Å². The molecule has 5 nitrogen and oxygen atoms in total. The van der Waals surface area contributed by atoms with E-state index in [0.717, 1.165) is 23.8 Å². The Labute approximate surface area is 137 Å². The lowest BCUT2D eigenvalue weighted by atomic mass is 10.1. The Balaban J connectivity index is 2.03. The van der Waals surface area contributed by atoms with Gasteiger partial charge in [-0.2, -0.15) is 0 Å². The van der Waals surface area contributed by atoms with Crippen LogP contribution in [0.2, 0.25) is 0 Å². The van der Waals surface area contributed by atoms with Crippen molar-refractivity contribution in [1.29, 1.82) is 0 Å². The Hall–Kier alpha value is -1.82. The first kappa shape index (κ1) is 17.5. The third-order valence-electron chi connectivity index (χ3n) is 3.72. The molecule has 0 aliphatic rings. The van der Waals surface area contributed by atoms with E-state index < -0.39 is 15.9 Å². The molecule has 0 saturated heterocycles. The van der Waals surface area contributed by atoms with Crippen molar-refractivity contribution >= 4 is 26.9 Å². The Morgan fingerprint density at radius 3 is 2.78 bits per heavy atom. The molecule has 1 unspecified atom stereocenters. The summed E-state index contributed by atoms with van der Waals surface area (Å²) >= 11 is 0. The van der Waals surface area contributed by atoms with Crippen LogP contribution in [0.5, 0.6) is 0 Å². The molecule has 2 rings (SSSR count). The number of carbonyl (C=O) groups excluding carboxylic acids is 1. The van der Waals surface area contributed by atoms with Gasteiger partial charge in [0.25, 0.3) is 0 Å². The molecule has 1 aromatic carbocycles. The van der Waals surface area contributed by atoms with E-state index in [-0.39, 0.29) is 18.1 Å². The zero-order valence-electron chi connectivity index (χ0n) is 13.8. The molecule has 23 heavy (non-hydrogen) atoms. The Morgan fingerprint density at radius 2 is 2.09 bits per heavy atom. The van der Waals surface area contributed by atoms with Gasteiger partial charge in [0.05, 0.1) is 18.4 Å². The van der Waals surface area contributed by atoms with Crippen molar-refractivity contribution in [2.24, 2.45) is 5.92 Å². The molecule has 1 amide bonds. The third kappa shape index (κ3) is 4.82. The van der Waals surface area contributed by atoms with E-state index in [1.165, 1.54) is 6.26 Å². The first-order valence-electron chi connectivity index (χ1n) is 7.80. The van der Waals surface area contributed by atoms with E-state index in [1.807, 2.05) is 39.0 Å². The molecule has 1 heterocycles. The molecule has 1 atom stereocenters. The highest BCUT2D eigenvalue weighted by atomic mass is 32.2. The zero-order valence-corrected chi connectivity index (χ0v) is 14.6. The van der Waals surface area contributed by atoms with Crippen LogP contribution < -0.4 is 4.72 Å². The number of furan rings is 1. The van der Waals surface area contributed by atoms with Crippen molar-refractivity contribution in [3.8, 4) is 0 Å². The Morgan fingerprint density at radius 1 is 1.35 bits per heavy atom. The standard InChI is InChI=1S/C17H23NO4S/c1-4-5-13(3)11-23(20,21)18-17(19)9-14-10-22-16-8-12(2)6-7-15(14)16/h6-8,10,13H,4-5,9,11H2,1-3H3,(H,18,19). The van der Waals surface area contributed by atoms with Crippen molar-refractivity contribution in [3.63, 3.8) is 0 Å². The lowest BCUT2D eigenvalue weighted by Crippen LogP contribution is -2.35. The fraction of sp³-hybridized carbons (Fsp3) is 0.471. The lowest BCUT2D eigenvalue weighted by molar-refractivity contribution is -0.118. The van der Waals surface area contributed by atoms with Crippen molar-refractivity contribution in [1.82, 2.24) is 4.72 Å². The van der Waals surface area contributed by atoms with Gasteiger partial charge in [-0.15, -0.1) is 0 Å². The molecule has 126 valence electrons. The normalized spacial score (nSPS) is 13.2. The minimum atomic E-state index is -3.60. The van der Waals surface area contributed by atoms with Gasteiger partial charge < -0.3 is 4.42 Å². The molecule has 1 N–H and O–H groups in total. The summed E-state index contributed by atoms with van der Waals surface area (Å²) in [5, 5.41) is 0.836. The van der Waals surface area contributed by atoms with Crippen LogP contribution in [0.1, 0.15) is 37.8 Å². The molecule has 0 bridgehead atoms. The second-order valence-corrected chi connectivity index (χ2v) is 7.90. The molecule has 0 saturated carbocycles. The molecule has 0 radical (unpaired) electrons. The van der Waals surface area contributed by atoms with Crippen LogP contribution in [0, 0.1) is 12.8 Å². The molecule has 1 aromatic heterocycles. The summed E-state index contributed by atoms with van der Waals surface area (Å²) in [6.07, 6.45) is 3.24. The number of benzene rings is 1. The average Bonchev–Trinajstić information content (AvgIpc) is 2.79. The first-order valence-corrected chi connectivity index (χ1v) is 9.46. The van der Waals surface area contributed by atoms with Crippen molar-refractivity contribution in [2.75, 3.05) is 5.75 Å². The lowest BCUT2D eigenvalue weighted by Gasteiger charge is -2.11. The summed E-state index contributed by atoms with van der Waals surface area (Å²) < 4.78 is 31.6. The molecule has 6 heteroatoms. The smallest absolute Gasteiger partial charge is 0.237 e. The van der Waals surface area contributed by atoms with Gasteiger partial charge >= 0.3 is 0 Å². The van der Waals surface area contributed by atoms with Gasteiger partial charge in [0, 0.05) is 10.9 Å². The van der Waals surface area contributed by atoms with E-state index >= 15 is 0 Å². The van der Waals surface area contributed by atoms with Gasteiger partial charge in [-0.3, -0.25) is 9.52 Å². The number of nitrogens with one attached hydrogen (secondary N) is 1. The van der Waals surface area contributed by atoms with Crippen LogP contribution in [0.3, 0.4) is 0 Å². The summed E-state index contributed by atoms with van der Waals surface area (Å²) in [7, 11) is -3.60. The summed E-state index contributed by atoms with van der Waals surface area (Å²) in [6, 6.07) is 5.71. The van der Waals surface area contributed by atoms with E-state index in [1.54, 1.807) is 0 Å². The SMILES string of the molecule is CCCC(C)CS(=O)(=O)NC(=O)Cc1coc2cc(C)ccc12. The zero-order chi connectivity index (χ0) is 17.0. The van der Waals surface area contributed by atoms with Gasteiger partial charge in [-0.1, -0.05) is 32.4 Å². The van der Waals surface area contributed by atoms with Gasteiger partial charge in [-0.05, 0) is 30.9 Å². The van der Waals surface area contributed by atoms with Gasteiger partial charge in [-0.25, -0.2) is 8.42 Å². The minimum Gasteiger partial charge on any atom is -0.464 e. The van der Waals surface area contributed by atoms with E-state index in [4.69, 9.17) is 4.42 Å². The highest BCUT2D eigenvalue weighted by Gasteiger charge is 2.19. The largest absolute Gasteiger partial charge is 0.464 e. The number of sulfonamides is 1. The third-order valence-corrected chi connectivity index (χ3v) is 5.26. The number of fused-ring (bicyclic) bond motifs is 1. The molecular weight excluding hydrogens is 314 g/mol. The summed E-state index contributed by atoms with van der Waals surface area (Å²) in [5.74, 6) is -0.530. The second kappa shape index (κ2) is 7.17. The summed E-state index contributed by atoms with van der Waals surface area (Å²) in [5.41, 5.74) is 2.46. The maximum Gasteiger partial charge on any atom is 0.237 e. The topological polar surface area (TPSA) is 76.4 Å². The monoisotopic (exact) mass is 337 g/mol. The number of hydrogen-bond acceptors (Lipinski definition) is 4. The molecule has 2 aromatic rings. The predicted molar refractivity (Wildman–Crippen MR) is 90.7 cm³/mol. The van der Waals surface area contributed by atoms with Crippen LogP contribution in [-0.2, 0) is 21.2 Å². The van der Waals surface area contributed by atoms with Gasteiger partial charge in [0.1, 0.15) is 5.58 Å². The molecule has 0 aliphatic carbocycles. The predicted octanol–water partition coefficient (Wildman–Crippen LogP) is 3.17. The highest BCUT2D eigenvalue weighted by Crippen LogP contribution is 2.22. The fourth-order valence-corrected chi connectivity index (χ4v) is 4.12. The average molecular weight is 337 g/mol. The number of amides is 1. The quantitative estimate of drug-likeness (QED) is 0.842.